The van der Waals surface area contributed by atoms with Gasteiger partial charge >= 0.3 is 6.11 Å². The zero-order valence-electron chi connectivity index (χ0n) is 25.6. The first-order valence-corrected chi connectivity index (χ1v) is 15.2. The van der Waals surface area contributed by atoms with Crippen LogP contribution in [0.4, 0.5) is 39.5 Å². The van der Waals surface area contributed by atoms with Gasteiger partial charge in [-0.3, -0.25) is 0 Å². The molecule has 10 heteroatoms. The minimum atomic E-state index is -4.78. The second kappa shape index (κ2) is 14.6. The van der Waals surface area contributed by atoms with Crippen LogP contribution in [-0.4, -0.2) is 0 Å². The average molecular weight is 673 g/mol. The Hall–Kier alpha value is -4.73. The van der Waals surface area contributed by atoms with Crippen molar-refractivity contribution in [2.75, 3.05) is 0 Å². The molecule has 0 radical (unpaired) electrons. The van der Waals surface area contributed by atoms with E-state index in [2.05, 4.69) is 11.7 Å². The van der Waals surface area contributed by atoms with Crippen molar-refractivity contribution in [3.8, 4) is 28.0 Å². The van der Waals surface area contributed by atoms with Gasteiger partial charge in [0.1, 0.15) is 34.6 Å². The second-order valence-electron chi connectivity index (χ2n) is 11.4. The molecular formula is C38H29F9O. The van der Waals surface area contributed by atoms with Crippen LogP contribution in [0.25, 0.3) is 22.3 Å². The fourth-order valence-corrected chi connectivity index (χ4v) is 5.40. The fraction of sp³-hybridized carbons (Fsp3) is 0.211. The lowest BCUT2D eigenvalue weighted by atomic mass is 9.96. The molecule has 0 saturated heterocycles. The highest BCUT2D eigenvalue weighted by atomic mass is 19.3. The van der Waals surface area contributed by atoms with Crippen LogP contribution in [0.15, 0.2) is 84.9 Å². The van der Waals surface area contributed by atoms with Gasteiger partial charge in [0.05, 0.1) is 0 Å². The lowest BCUT2D eigenvalue weighted by molar-refractivity contribution is -0.189. The van der Waals surface area contributed by atoms with Gasteiger partial charge in [0, 0.05) is 17.7 Å². The Labute approximate surface area is 271 Å². The highest BCUT2D eigenvalue weighted by Gasteiger charge is 2.41. The van der Waals surface area contributed by atoms with Crippen LogP contribution in [0.5, 0.6) is 5.75 Å². The van der Waals surface area contributed by atoms with Crippen LogP contribution < -0.4 is 4.74 Å². The third-order valence-electron chi connectivity index (χ3n) is 7.97. The van der Waals surface area contributed by atoms with Gasteiger partial charge in [0.25, 0.3) is 0 Å². The van der Waals surface area contributed by atoms with Crippen molar-refractivity contribution in [2.24, 2.45) is 0 Å². The van der Waals surface area contributed by atoms with Crippen molar-refractivity contribution < 1.29 is 44.3 Å². The molecule has 0 bridgehead atoms. The predicted octanol–water partition coefficient (Wildman–Crippen LogP) is 11.6. The van der Waals surface area contributed by atoms with Gasteiger partial charge in [-0.05, 0) is 83.3 Å². The SMILES string of the molecule is CCCCCc1ccc(-c2ccc(CCc3ccc(-c4cc(F)c(C(F)(F)Oc5cc(F)c(F)c(F)c5)c(F)c4)c(F)c3)c(F)c2)cc1. The van der Waals surface area contributed by atoms with Crippen LogP contribution >= 0.6 is 0 Å². The fourth-order valence-electron chi connectivity index (χ4n) is 5.40. The summed E-state index contributed by atoms with van der Waals surface area (Å²) in [6, 6.07) is 17.8. The van der Waals surface area contributed by atoms with E-state index in [4.69, 9.17) is 0 Å². The van der Waals surface area contributed by atoms with E-state index in [0.717, 1.165) is 42.9 Å². The normalized spacial score (nSPS) is 11.6. The molecule has 0 amide bonds. The molecule has 5 rings (SSSR count). The minimum Gasteiger partial charge on any atom is -0.429 e. The first-order valence-electron chi connectivity index (χ1n) is 15.2. The lowest BCUT2D eigenvalue weighted by Gasteiger charge is -2.20. The Morgan fingerprint density at radius 3 is 1.73 bits per heavy atom. The van der Waals surface area contributed by atoms with E-state index in [1.54, 1.807) is 6.07 Å². The average Bonchev–Trinajstić information content (AvgIpc) is 3.03. The largest absolute Gasteiger partial charge is 0.432 e. The molecular weight excluding hydrogens is 643 g/mol. The summed E-state index contributed by atoms with van der Waals surface area (Å²) in [5.74, 6) is -11.9. The number of unbranched alkanes of at least 4 members (excludes halogenated alkanes) is 2. The van der Waals surface area contributed by atoms with Gasteiger partial charge < -0.3 is 4.74 Å². The van der Waals surface area contributed by atoms with E-state index < -0.39 is 63.7 Å². The summed E-state index contributed by atoms with van der Waals surface area (Å²) in [6.45, 7) is 2.15. The van der Waals surface area contributed by atoms with E-state index in [1.165, 1.54) is 23.8 Å². The third kappa shape index (κ3) is 7.86. The molecule has 0 heterocycles. The molecule has 1 nitrogen and oxygen atoms in total. The molecule has 0 unspecified atom stereocenters. The number of hydrogen-bond donors (Lipinski definition) is 0. The standard InChI is InChI=1S/C38H29F9O/c1-2-3-4-5-22-6-10-24(11-7-22)26-14-13-25(30(39)17-26)12-8-23-9-15-29(31(40)16-23)27-18-32(41)36(33(42)19-27)38(46,47)48-28-20-34(43)37(45)35(44)21-28/h6-7,9-11,13-21H,2-5,8,12H2,1H3. The maximum absolute atomic E-state index is 15.1. The summed E-state index contributed by atoms with van der Waals surface area (Å²) in [6.07, 6.45) is 0.0986. The summed E-state index contributed by atoms with van der Waals surface area (Å²) in [5.41, 5.74) is 1.07. The summed E-state index contributed by atoms with van der Waals surface area (Å²) < 4.78 is 133. The van der Waals surface area contributed by atoms with Gasteiger partial charge in [-0.25, -0.2) is 30.7 Å². The molecule has 0 spiro atoms. The number of aryl methyl sites for hydroxylation is 3. The zero-order chi connectivity index (χ0) is 34.6. The summed E-state index contributed by atoms with van der Waals surface area (Å²) in [7, 11) is 0. The van der Waals surface area contributed by atoms with E-state index in [-0.39, 0.29) is 30.5 Å². The highest BCUT2D eigenvalue weighted by molar-refractivity contribution is 5.66. The second-order valence-corrected chi connectivity index (χ2v) is 11.4. The van der Waals surface area contributed by atoms with Crippen molar-refractivity contribution in [1.29, 1.82) is 0 Å². The van der Waals surface area contributed by atoms with Gasteiger partial charge in [0.15, 0.2) is 17.5 Å². The van der Waals surface area contributed by atoms with E-state index in [0.29, 0.717) is 23.3 Å². The van der Waals surface area contributed by atoms with Crippen LogP contribution in [0.1, 0.15) is 48.4 Å². The number of benzene rings is 5. The van der Waals surface area contributed by atoms with Crippen molar-refractivity contribution in [3.05, 3.63) is 148 Å². The van der Waals surface area contributed by atoms with Crippen LogP contribution in [-0.2, 0) is 25.4 Å². The smallest absolute Gasteiger partial charge is 0.429 e. The molecule has 0 aliphatic heterocycles. The first-order chi connectivity index (χ1) is 22.9. The number of halogens is 9. The van der Waals surface area contributed by atoms with Gasteiger partial charge in [0.2, 0.25) is 0 Å². The maximum atomic E-state index is 15.1. The van der Waals surface area contributed by atoms with Crippen molar-refractivity contribution in [3.63, 3.8) is 0 Å². The summed E-state index contributed by atoms with van der Waals surface area (Å²) >= 11 is 0. The number of rotatable bonds is 12. The van der Waals surface area contributed by atoms with E-state index >= 15 is 4.39 Å². The van der Waals surface area contributed by atoms with Gasteiger partial charge in [-0.15, -0.1) is 0 Å². The van der Waals surface area contributed by atoms with E-state index in [1.807, 2.05) is 30.3 Å². The molecule has 0 saturated carbocycles. The van der Waals surface area contributed by atoms with Crippen LogP contribution in [0.3, 0.4) is 0 Å². The molecule has 48 heavy (non-hydrogen) atoms. The molecule has 0 aliphatic rings. The lowest BCUT2D eigenvalue weighted by Crippen LogP contribution is -2.25. The van der Waals surface area contributed by atoms with Crippen molar-refractivity contribution in [1.82, 2.24) is 0 Å². The van der Waals surface area contributed by atoms with Gasteiger partial charge in [-0.1, -0.05) is 68.3 Å². The molecule has 0 atom stereocenters. The Morgan fingerprint density at radius 1 is 0.521 bits per heavy atom. The molecule has 0 aromatic heterocycles. The minimum absolute atomic E-state index is 0.0889. The molecule has 5 aromatic rings. The molecule has 0 N–H and O–H groups in total. The number of ether oxygens (including phenoxy) is 1. The Bertz CT molecular complexity index is 1870. The third-order valence-corrected chi connectivity index (χ3v) is 7.97. The number of hydrogen-bond acceptors (Lipinski definition) is 1. The first kappa shape index (κ1) is 34.6. The monoisotopic (exact) mass is 672 g/mol. The predicted molar refractivity (Wildman–Crippen MR) is 165 cm³/mol. The van der Waals surface area contributed by atoms with Gasteiger partial charge in [-0.2, -0.15) is 8.78 Å². The number of alkyl halides is 2. The summed E-state index contributed by atoms with van der Waals surface area (Å²) in [5, 5.41) is 0. The van der Waals surface area contributed by atoms with Crippen LogP contribution in [0, 0.1) is 40.7 Å². The Balaban J connectivity index is 1.27. The Kier molecular flexibility index (Phi) is 10.5. The quantitative estimate of drug-likeness (QED) is 0.0728. The maximum Gasteiger partial charge on any atom is 0.432 e. The zero-order valence-corrected chi connectivity index (χ0v) is 25.6. The Morgan fingerprint density at radius 2 is 1.12 bits per heavy atom. The molecule has 0 fully saturated rings. The molecule has 0 aliphatic carbocycles. The molecule has 5 aromatic carbocycles. The summed E-state index contributed by atoms with van der Waals surface area (Å²) in [4.78, 5) is 0. The topological polar surface area (TPSA) is 9.23 Å². The van der Waals surface area contributed by atoms with E-state index in [9.17, 15) is 35.1 Å². The molecule has 250 valence electrons. The highest BCUT2D eigenvalue weighted by Crippen LogP contribution is 2.38. The van der Waals surface area contributed by atoms with Crippen molar-refractivity contribution in [2.45, 2.75) is 51.6 Å². The van der Waals surface area contributed by atoms with Crippen molar-refractivity contribution >= 4 is 0 Å². The van der Waals surface area contributed by atoms with Crippen LogP contribution in [0.2, 0.25) is 0 Å².